The third-order valence-corrected chi connectivity index (χ3v) is 1.04. The highest BCUT2D eigenvalue weighted by Crippen LogP contribution is 2.00. The van der Waals surface area contributed by atoms with Gasteiger partial charge in [0.2, 0.25) is 0 Å². The van der Waals surface area contributed by atoms with Crippen LogP contribution in [0.1, 0.15) is 26.7 Å². The molecule has 1 unspecified atom stereocenters. The largest absolute Gasteiger partial charge is 0.449 e. The van der Waals surface area contributed by atoms with E-state index in [1.165, 1.54) is 6.92 Å². The average Bonchev–Trinajstić information content (AvgIpc) is 1.86. The first kappa shape index (κ1) is 9.03. The van der Waals surface area contributed by atoms with Crippen molar-refractivity contribution in [2.45, 2.75) is 32.8 Å². The van der Waals surface area contributed by atoms with Crippen LogP contribution in [0.5, 0.6) is 0 Å². The fourth-order valence-corrected chi connectivity index (χ4v) is 0.639. The number of esters is 1. The van der Waals surface area contributed by atoms with Crippen molar-refractivity contribution in [1.82, 2.24) is 0 Å². The van der Waals surface area contributed by atoms with Gasteiger partial charge in [0.05, 0.1) is 0 Å². The Kier molecular flexibility index (Phi) is 4.39. The van der Waals surface area contributed by atoms with Crippen LogP contribution in [-0.2, 0) is 9.53 Å². The lowest BCUT2D eigenvalue weighted by Gasteiger charge is -2.07. The zero-order chi connectivity index (χ0) is 7.98. The van der Waals surface area contributed by atoms with Gasteiger partial charge in [0.15, 0.2) is 6.10 Å². The number of hydrogen-bond donors (Lipinski definition) is 0. The van der Waals surface area contributed by atoms with Gasteiger partial charge in [0.1, 0.15) is 0 Å². The first-order valence-electron chi connectivity index (χ1n) is 3.34. The second-order valence-electron chi connectivity index (χ2n) is 2.05. The van der Waals surface area contributed by atoms with Crippen LogP contribution in [0.4, 0.5) is 0 Å². The predicted molar refractivity (Wildman–Crippen MR) is 39.3 cm³/mol. The summed E-state index contributed by atoms with van der Waals surface area (Å²) in [6.07, 6.45) is 6.43. The van der Waals surface area contributed by atoms with Crippen LogP contribution in [-0.4, -0.2) is 12.1 Å². The normalized spacial score (nSPS) is 11.7. The van der Waals surface area contributed by atoms with Crippen LogP contribution >= 0.6 is 0 Å². The maximum atomic E-state index is 10.4. The van der Waals surface area contributed by atoms with E-state index in [4.69, 9.17) is 11.2 Å². The molecule has 0 aromatic rings. The summed E-state index contributed by atoms with van der Waals surface area (Å²) in [6, 6.07) is 0. The molecule has 0 aromatic carbocycles. The third kappa shape index (κ3) is 3.96. The van der Waals surface area contributed by atoms with E-state index in [2.05, 4.69) is 5.92 Å². The molecule has 0 aliphatic carbocycles. The Morgan fingerprint density at radius 1 is 1.80 bits per heavy atom. The van der Waals surface area contributed by atoms with Crippen LogP contribution in [0.3, 0.4) is 0 Å². The maximum absolute atomic E-state index is 10.4. The van der Waals surface area contributed by atoms with Crippen LogP contribution in [0.15, 0.2) is 0 Å². The van der Waals surface area contributed by atoms with Crippen molar-refractivity contribution < 1.29 is 9.53 Å². The Labute approximate surface area is 61.6 Å². The number of hydrogen-bond acceptors (Lipinski definition) is 2. The van der Waals surface area contributed by atoms with Gasteiger partial charge >= 0.3 is 5.97 Å². The zero-order valence-corrected chi connectivity index (χ0v) is 6.39. The molecule has 2 heteroatoms. The molecule has 0 amide bonds. The Morgan fingerprint density at radius 3 is 2.70 bits per heavy atom. The summed E-state index contributed by atoms with van der Waals surface area (Å²) in [5.41, 5.74) is 0. The number of carbonyl (C=O) groups excluding carboxylic acids is 1. The van der Waals surface area contributed by atoms with Gasteiger partial charge in [-0.1, -0.05) is 19.3 Å². The highest BCUT2D eigenvalue weighted by Gasteiger charge is 2.04. The van der Waals surface area contributed by atoms with Crippen molar-refractivity contribution in [3.8, 4) is 12.3 Å². The summed E-state index contributed by atoms with van der Waals surface area (Å²) in [4.78, 5) is 10.4. The Balaban J connectivity index is 3.63. The van der Waals surface area contributed by atoms with E-state index in [1.54, 1.807) is 0 Å². The van der Waals surface area contributed by atoms with Crippen molar-refractivity contribution in [2.24, 2.45) is 0 Å². The standard InChI is InChI=1S/C8H12O2/c1-4-6-8(5-2)10-7(3)9/h2,8H,4,6H2,1,3H3. The molecule has 0 heterocycles. The van der Waals surface area contributed by atoms with Crippen LogP contribution in [0.2, 0.25) is 0 Å². The zero-order valence-electron chi connectivity index (χ0n) is 6.39. The molecule has 0 fully saturated rings. The molecule has 0 saturated carbocycles. The van der Waals surface area contributed by atoms with E-state index in [0.717, 1.165) is 12.8 Å². The minimum atomic E-state index is -0.331. The van der Waals surface area contributed by atoms with Gasteiger partial charge in [-0.25, -0.2) is 0 Å². The molecule has 0 aliphatic heterocycles. The minimum Gasteiger partial charge on any atom is -0.449 e. The van der Waals surface area contributed by atoms with Crippen LogP contribution in [0, 0.1) is 12.3 Å². The molecule has 0 aliphatic rings. The molecular weight excluding hydrogens is 128 g/mol. The molecule has 1 atom stereocenters. The second-order valence-corrected chi connectivity index (χ2v) is 2.05. The molecule has 0 saturated heterocycles. The second kappa shape index (κ2) is 4.87. The van der Waals surface area contributed by atoms with Crippen molar-refractivity contribution in [3.63, 3.8) is 0 Å². The molecule has 0 N–H and O–H groups in total. The summed E-state index contributed by atoms with van der Waals surface area (Å²) in [5, 5.41) is 0. The molecule has 2 nitrogen and oxygen atoms in total. The van der Waals surface area contributed by atoms with Gasteiger partial charge < -0.3 is 4.74 Å². The number of rotatable bonds is 3. The summed E-state index contributed by atoms with van der Waals surface area (Å²) in [6.45, 7) is 3.35. The van der Waals surface area contributed by atoms with E-state index in [-0.39, 0.29) is 12.1 Å². The summed E-state index contributed by atoms with van der Waals surface area (Å²) < 4.78 is 4.76. The lowest BCUT2D eigenvalue weighted by atomic mass is 10.2. The maximum Gasteiger partial charge on any atom is 0.303 e. The molecule has 0 radical (unpaired) electrons. The third-order valence-electron chi connectivity index (χ3n) is 1.04. The Hall–Kier alpha value is -0.970. The van der Waals surface area contributed by atoms with Gasteiger partial charge in [-0.2, -0.15) is 0 Å². The van der Waals surface area contributed by atoms with Gasteiger partial charge in [0.25, 0.3) is 0 Å². The molecule has 0 rings (SSSR count). The Bertz CT molecular complexity index is 144. The fraction of sp³-hybridized carbons (Fsp3) is 0.625. The number of carbonyl (C=O) groups is 1. The first-order valence-corrected chi connectivity index (χ1v) is 3.34. The smallest absolute Gasteiger partial charge is 0.303 e. The molecule has 0 aromatic heterocycles. The lowest BCUT2D eigenvalue weighted by Crippen LogP contribution is -2.13. The van der Waals surface area contributed by atoms with Gasteiger partial charge in [-0.3, -0.25) is 4.79 Å². The molecule has 10 heavy (non-hydrogen) atoms. The minimum absolute atomic E-state index is 0.309. The van der Waals surface area contributed by atoms with E-state index in [9.17, 15) is 4.79 Å². The van der Waals surface area contributed by atoms with Crippen molar-refractivity contribution in [2.75, 3.05) is 0 Å². The highest BCUT2D eigenvalue weighted by molar-refractivity contribution is 5.66. The van der Waals surface area contributed by atoms with Gasteiger partial charge in [0, 0.05) is 6.92 Å². The van der Waals surface area contributed by atoms with E-state index in [0.29, 0.717) is 0 Å². The highest BCUT2D eigenvalue weighted by atomic mass is 16.5. The molecule has 56 valence electrons. The van der Waals surface area contributed by atoms with E-state index >= 15 is 0 Å². The molecular formula is C8H12O2. The monoisotopic (exact) mass is 140 g/mol. The molecule has 0 spiro atoms. The SMILES string of the molecule is C#CC(CCC)OC(C)=O. The summed E-state index contributed by atoms with van der Waals surface area (Å²) in [7, 11) is 0. The summed E-state index contributed by atoms with van der Waals surface area (Å²) >= 11 is 0. The van der Waals surface area contributed by atoms with E-state index in [1.807, 2.05) is 6.92 Å². The number of terminal acetylenes is 1. The quantitative estimate of drug-likeness (QED) is 0.437. The first-order chi connectivity index (χ1) is 4.70. The topological polar surface area (TPSA) is 26.3 Å². The fourth-order valence-electron chi connectivity index (χ4n) is 0.639. The van der Waals surface area contributed by atoms with Crippen LogP contribution in [0.25, 0.3) is 0 Å². The van der Waals surface area contributed by atoms with Crippen molar-refractivity contribution in [3.05, 3.63) is 0 Å². The van der Waals surface area contributed by atoms with Gasteiger partial charge in [-0.05, 0) is 6.42 Å². The van der Waals surface area contributed by atoms with E-state index < -0.39 is 0 Å². The lowest BCUT2D eigenvalue weighted by molar-refractivity contribution is -0.143. The predicted octanol–water partition coefficient (Wildman–Crippen LogP) is 1.35. The van der Waals surface area contributed by atoms with Gasteiger partial charge in [-0.15, -0.1) is 6.42 Å². The van der Waals surface area contributed by atoms with Crippen molar-refractivity contribution >= 4 is 5.97 Å². The summed E-state index contributed by atoms with van der Waals surface area (Å²) in [5.74, 6) is 2.08. The molecule has 0 bridgehead atoms. The van der Waals surface area contributed by atoms with Crippen molar-refractivity contribution in [1.29, 1.82) is 0 Å². The Morgan fingerprint density at radius 2 is 2.40 bits per heavy atom. The average molecular weight is 140 g/mol. The number of ether oxygens (including phenoxy) is 1. The van der Waals surface area contributed by atoms with Crippen LogP contribution < -0.4 is 0 Å².